The Morgan fingerprint density at radius 3 is 2.15 bits per heavy atom. The van der Waals surface area contributed by atoms with Crippen LogP contribution in [0.5, 0.6) is 5.75 Å². The second-order valence-electron chi connectivity index (χ2n) is 5.67. The molecule has 2 aromatic rings. The third-order valence-corrected chi connectivity index (χ3v) is 3.69. The zero-order valence-electron chi connectivity index (χ0n) is 14.3. The summed E-state index contributed by atoms with van der Waals surface area (Å²) in [7, 11) is 0. The van der Waals surface area contributed by atoms with Gasteiger partial charge in [-0.25, -0.2) is 4.79 Å². The Balaban J connectivity index is 1.97. The largest absolute Gasteiger partial charge is 0.482 e. The van der Waals surface area contributed by atoms with E-state index in [1.807, 2.05) is 0 Å². The number of rotatable bonds is 8. The van der Waals surface area contributed by atoms with Gasteiger partial charge in [0.15, 0.2) is 12.4 Å². The Morgan fingerprint density at radius 1 is 1.04 bits per heavy atom. The van der Waals surface area contributed by atoms with Gasteiger partial charge in [-0.05, 0) is 48.9 Å². The van der Waals surface area contributed by atoms with Crippen molar-refractivity contribution in [2.45, 2.75) is 19.5 Å². The minimum atomic E-state index is -1.08. The van der Waals surface area contributed by atoms with Crippen molar-refractivity contribution in [1.29, 1.82) is 0 Å². The summed E-state index contributed by atoms with van der Waals surface area (Å²) in [6.45, 7) is 1.54. The Labute approximate surface area is 150 Å². The van der Waals surface area contributed by atoms with Crippen LogP contribution >= 0.6 is 0 Å². The lowest BCUT2D eigenvalue weighted by atomic mass is 10.0. The molecule has 0 spiro atoms. The van der Waals surface area contributed by atoms with Crippen molar-refractivity contribution in [2.24, 2.45) is 5.73 Å². The fourth-order valence-electron chi connectivity index (χ4n) is 2.25. The lowest BCUT2D eigenvalue weighted by Crippen LogP contribution is -2.38. The van der Waals surface area contributed by atoms with Crippen LogP contribution in [-0.4, -0.2) is 35.4 Å². The van der Waals surface area contributed by atoms with Crippen molar-refractivity contribution in [2.75, 3.05) is 6.61 Å². The van der Waals surface area contributed by atoms with E-state index < -0.39 is 18.6 Å². The van der Waals surface area contributed by atoms with Gasteiger partial charge in [0, 0.05) is 17.7 Å². The number of Topliss-reactive ketones (excluding diaryl/α,β-unsaturated/α-hetero) is 1. The molecule has 7 heteroatoms. The first kappa shape index (κ1) is 19.1. The van der Waals surface area contributed by atoms with Crippen LogP contribution in [0.3, 0.4) is 0 Å². The molecule has 0 saturated carbocycles. The van der Waals surface area contributed by atoms with Gasteiger partial charge >= 0.3 is 5.97 Å². The van der Waals surface area contributed by atoms with Gasteiger partial charge in [0.1, 0.15) is 5.75 Å². The molecule has 0 aliphatic heterocycles. The summed E-state index contributed by atoms with van der Waals surface area (Å²) < 4.78 is 5.01. The Bertz CT molecular complexity index is 785. The molecule has 0 aromatic heterocycles. The molecule has 0 bridgehead atoms. The summed E-state index contributed by atoms with van der Waals surface area (Å²) in [6.07, 6.45) is 0. The number of ether oxygens (including phenoxy) is 1. The van der Waals surface area contributed by atoms with E-state index in [-0.39, 0.29) is 11.7 Å². The number of amides is 1. The number of hydrogen-bond donors (Lipinski definition) is 3. The molecule has 0 aliphatic carbocycles. The predicted octanol–water partition coefficient (Wildman–Crippen LogP) is 1.61. The number of benzene rings is 2. The van der Waals surface area contributed by atoms with E-state index in [2.05, 4.69) is 5.32 Å². The quantitative estimate of drug-likeness (QED) is 0.618. The number of carboxylic acid groups (broad SMARTS) is 1. The van der Waals surface area contributed by atoms with Crippen LogP contribution in [0.1, 0.15) is 33.2 Å². The number of carboxylic acids is 1. The van der Waals surface area contributed by atoms with Crippen LogP contribution < -0.4 is 15.8 Å². The number of carbonyl (C=O) groups is 3. The van der Waals surface area contributed by atoms with Crippen LogP contribution in [0.25, 0.3) is 0 Å². The van der Waals surface area contributed by atoms with Gasteiger partial charge in [0.25, 0.3) is 5.91 Å². The summed E-state index contributed by atoms with van der Waals surface area (Å²) in [4.78, 5) is 35.1. The topological polar surface area (TPSA) is 119 Å². The SMILES string of the molecule is CC(NC(=O)c1ccc(CN)cc1)C(=O)c1ccc(OCC(=O)O)cc1. The molecule has 2 rings (SSSR count). The zero-order chi connectivity index (χ0) is 19.1. The molecule has 26 heavy (non-hydrogen) atoms. The number of aliphatic carboxylic acids is 1. The molecule has 1 amide bonds. The number of nitrogens with two attached hydrogens (primary N) is 1. The maximum absolute atomic E-state index is 12.4. The van der Waals surface area contributed by atoms with Crippen LogP contribution in [-0.2, 0) is 11.3 Å². The van der Waals surface area contributed by atoms with E-state index in [1.54, 1.807) is 31.2 Å². The van der Waals surface area contributed by atoms with Crippen molar-refractivity contribution in [1.82, 2.24) is 5.32 Å². The highest BCUT2D eigenvalue weighted by molar-refractivity contribution is 6.04. The molecule has 0 fully saturated rings. The predicted molar refractivity (Wildman–Crippen MR) is 95.2 cm³/mol. The van der Waals surface area contributed by atoms with Gasteiger partial charge in [-0.1, -0.05) is 12.1 Å². The normalized spacial score (nSPS) is 11.5. The lowest BCUT2D eigenvalue weighted by molar-refractivity contribution is -0.139. The number of nitrogens with one attached hydrogen (secondary N) is 1. The maximum atomic E-state index is 12.4. The number of carbonyl (C=O) groups excluding carboxylic acids is 2. The van der Waals surface area contributed by atoms with Crippen molar-refractivity contribution in [3.8, 4) is 5.75 Å². The van der Waals surface area contributed by atoms with Gasteiger partial charge in [-0.15, -0.1) is 0 Å². The van der Waals surface area contributed by atoms with Gasteiger partial charge in [-0.3, -0.25) is 9.59 Å². The zero-order valence-corrected chi connectivity index (χ0v) is 14.3. The van der Waals surface area contributed by atoms with Gasteiger partial charge in [-0.2, -0.15) is 0 Å². The monoisotopic (exact) mass is 356 g/mol. The third-order valence-electron chi connectivity index (χ3n) is 3.69. The highest BCUT2D eigenvalue weighted by Crippen LogP contribution is 2.14. The Kier molecular flexibility index (Phi) is 6.46. The fraction of sp³-hybridized carbons (Fsp3) is 0.211. The van der Waals surface area contributed by atoms with E-state index >= 15 is 0 Å². The van der Waals surface area contributed by atoms with E-state index in [4.69, 9.17) is 15.6 Å². The highest BCUT2D eigenvalue weighted by atomic mass is 16.5. The van der Waals surface area contributed by atoms with Gasteiger partial charge in [0.05, 0.1) is 6.04 Å². The van der Waals surface area contributed by atoms with Crippen LogP contribution in [0.15, 0.2) is 48.5 Å². The molecule has 0 aliphatic rings. The van der Waals surface area contributed by atoms with Crippen molar-refractivity contribution in [3.63, 3.8) is 0 Å². The minimum Gasteiger partial charge on any atom is -0.482 e. The third kappa shape index (κ3) is 5.15. The maximum Gasteiger partial charge on any atom is 0.341 e. The Hall–Kier alpha value is -3.19. The smallest absolute Gasteiger partial charge is 0.341 e. The number of ketones is 1. The number of hydrogen-bond acceptors (Lipinski definition) is 5. The molecule has 136 valence electrons. The molecular formula is C19H20N2O5. The van der Waals surface area contributed by atoms with Crippen molar-refractivity contribution >= 4 is 17.7 Å². The first-order valence-electron chi connectivity index (χ1n) is 7.99. The molecule has 0 saturated heterocycles. The molecule has 0 radical (unpaired) electrons. The van der Waals surface area contributed by atoms with E-state index in [1.165, 1.54) is 24.3 Å². The van der Waals surface area contributed by atoms with Crippen molar-refractivity contribution < 1.29 is 24.2 Å². The summed E-state index contributed by atoms with van der Waals surface area (Å²) in [5, 5.41) is 11.2. The van der Waals surface area contributed by atoms with Crippen LogP contribution in [0.2, 0.25) is 0 Å². The molecule has 0 heterocycles. The standard InChI is InChI=1S/C19H20N2O5/c1-12(21-19(25)15-4-2-13(10-20)3-5-15)18(24)14-6-8-16(9-7-14)26-11-17(22)23/h2-9,12H,10-11,20H2,1H3,(H,21,25)(H,22,23). The fourth-order valence-corrected chi connectivity index (χ4v) is 2.25. The van der Waals surface area contributed by atoms with Crippen molar-refractivity contribution in [3.05, 3.63) is 65.2 Å². The van der Waals surface area contributed by atoms with Gasteiger partial charge < -0.3 is 20.9 Å². The molecule has 4 N–H and O–H groups in total. The molecule has 7 nitrogen and oxygen atoms in total. The molecule has 2 aromatic carbocycles. The Morgan fingerprint density at radius 2 is 1.62 bits per heavy atom. The molecular weight excluding hydrogens is 336 g/mol. The first-order chi connectivity index (χ1) is 12.4. The average molecular weight is 356 g/mol. The summed E-state index contributed by atoms with van der Waals surface area (Å²) >= 11 is 0. The van der Waals surface area contributed by atoms with E-state index in [0.717, 1.165) is 5.56 Å². The van der Waals surface area contributed by atoms with Crippen LogP contribution in [0, 0.1) is 0 Å². The second kappa shape index (κ2) is 8.77. The summed E-state index contributed by atoms with van der Waals surface area (Å²) in [5.41, 5.74) is 7.27. The van der Waals surface area contributed by atoms with Crippen LogP contribution in [0.4, 0.5) is 0 Å². The minimum absolute atomic E-state index is 0.262. The summed E-state index contributed by atoms with van der Waals surface area (Å²) in [6, 6.07) is 12.2. The molecule has 1 atom stereocenters. The van der Waals surface area contributed by atoms with E-state index in [9.17, 15) is 14.4 Å². The highest BCUT2D eigenvalue weighted by Gasteiger charge is 2.18. The molecule has 1 unspecified atom stereocenters. The van der Waals surface area contributed by atoms with Gasteiger partial charge in [0.2, 0.25) is 0 Å². The average Bonchev–Trinajstić information content (AvgIpc) is 2.66. The lowest BCUT2D eigenvalue weighted by Gasteiger charge is -2.13. The first-order valence-corrected chi connectivity index (χ1v) is 7.99. The van der Waals surface area contributed by atoms with E-state index in [0.29, 0.717) is 23.4 Å². The summed E-state index contributed by atoms with van der Waals surface area (Å²) in [5.74, 6) is -1.35. The second-order valence-corrected chi connectivity index (χ2v) is 5.67.